The van der Waals surface area contributed by atoms with Crippen molar-refractivity contribution >= 4 is 52.4 Å². The fourth-order valence-corrected chi connectivity index (χ4v) is 2.89. The van der Waals surface area contributed by atoms with E-state index >= 15 is 0 Å². The Morgan fingerprint density at radius 3 is 2.23 bits per heavy atom. The average Bonchev–Trinajstić information content (AvgIpc) is 2.74. The number of carbonyl (C=O) groups is 2. The van der Waals surface area contributed by atoms with Gasteiger partial charge in [0.05, 0.1) is 15.1 Å². The number of rotatable bonds is 6. The van der Waals surface area contributed by atoms with Crippen LogP contribution in [-0.2, 0) is 9.53 Å². The predicted octanol–water partition coefficient (Wildman–Crippen LogP) is 6.02. The van der Waals surface area contributed by atoms with E-state index in [1.54, 1.807) is 24.3 Å². The number of ether oxygens (including phenoxy) is 2. The number of hydrogen-bond acceptors (Lipinski definition) is 5. The third kappa shape index (κ3) is 5.42. The van der Waals surface area contributed by atoms with Crippen LogP contribution < -0.4 is 10.1 Å². The molecule has 0 spiro atoms. The molecule has 1 atom stereocenters. The van der Waals surface area contributed by atoms with Crippen LogP contribution in [0.5, 0.6) is 11.5 Å². The summed E-state index contributed by atoms with van der Waals surface area (Å²) in [5.74, 6) is -0.118. The number of benzene rings is 2. The van der Waals surface area contributed by atoms with Crippen LogP contribution in [0, 0.1) is 0 Å². The zero-order valence-corrected chi connectivity index (χ0v) is 17.8. The third-order valence-corrected chi connectivity index (χ3v) is 5.11. The highest BCUT2D eigenvalue weighted by atomic mass is 35.5. The summed E-state index contributed by atoms with van der Waals surface area (Å²) < 4.78 is 10.8. The highest BCUT2D eigenvalue weighted by Crippen LogP contribution is 2.31. The van der Waals surface area contributed by atoms with Gasteiger partial charge in [0.25, 0.3) is 5.91 Å². The van der Waals surface area contributed by atoms with Gasteiger partial charge in [-0.05, 0) is 43.3 Å². The monoisotopic (exact) mass is 464 g/mol. The van der Waals surface area contributed by atoms with Gasteiger partial charge in [0.2, 0.25) is 0 Å². The van der Waals surface area contributed by atoms with E-state index in [0.717, 1.165) is 0 Å². The van der Waals surface area contributed by atoms with Crippen LogP contribution in [-0.4, -0.2) is 23.0 Å². The third-order valence-electron chi connectivity index (χ3n) is 3.86. The lowest BCUT2D eigenvalue weighted by atomic mass is 10.2. The van der Waals surface area contributed by atoms with E-state index in [1.807, 2.05) is 30.3 Å². The zero-order valence-electron chi connectivity index (χ0n) is 15.6. The molecule has 0 fully saturated rings. The highest BCUT2D eigenvalue weighted by Gasteiger charge is 2.23. The Morgan fingerprint density at radius 1 is 0.933 bits per heavy atom. The summed E-state index contributed by atoms with van der Waals surface area (Å²) in [7, 11) is 0. The normalized spacial score (nSPS) is 11.5. The Bertz CT molecular complexity index is 1060. The van der Waals surface area contributed by atoms with Crippen molar-refractivity contribution in [3.05, 3.63) is 81.6 Å². The Morgan fingerprint density at radius 2 is 1.57 bits per heavy atom. The lowest BCUT2D eigenvalue weighted by Gasteiger charge is -2.14. The molecule has 0 saturated heterocycles. The molecule has 0 bridgehead atoms. The number of para-hydroxylation sites is 1. The van der Waals surface area contributed by atoms with Crippen LogP contribution in [0.3, 0.4) is 0 Å². The molecule has 1 unspecified atom stereocenters. The van der Waals surface area contributed by atoms with Crippen molar-refractivity contribution in [3.63, 3.8) is 0 Å². The maximum absolute atomic E-state index is 12.3. The van der Waals surface area contributed by atoms with E-state index in [2.05, 4.69) is 10.3 Å². The lowest BCUT2D eigenvalue weighted by molar-refractivity contribution is -0.123. The number of anilines is 1. The lowest BCUT2D eigenvalue weighted by Crippen LogP contribution is -2.30. The molecular weight excluding hydrogens is 451 g/mol. The fraction of sp³-hybridized carbons (Fsp3) is 0.0952. The van der Waals surface area contributed by atoms with Gasteiger partial charge >= 0.3 is 5.97 Å². The highest BCUT2D eigenvalue weighted by molar-refractivity contribution is 6.48. The summed E-state index contributed by atoms with van der Waals surface area (Å²) in [5.41, 5.74) is 0.280. The molecule has 0 saturated carbocycles. The quantitative estimate of drug-likeness (QED) is 0.451. The maximum Gasteiger partial charge on any atom is 0.359 e. The minimum Gasteiger partial charge on any atom is -0.457 e. The first-order valence-electron chi connectivity index (χ1n) is 8.69. The van der Waals surface area contributed by atoms with Crippen molar-refractivity contribution in [1.82, 2.24) is 4.98 Å². The molecule has 154 valence electrons. The molecule has 0 aliphatic rings. The standard InChI is InChI=1S/C21H15Cl3N2O4/c1-12(29-21(28)19-18(24)17(23)16(22)11-25-19)20(27)26-13-7-9-15(10-8-13)30-14-5-3-2-4-6-14/h2-12H,1H3,(H,26,27). The molecule has 6 nitrogen and oxygen atoms in total. The van der Waals surface area contributed by atoms with Gasteiger partial charge in [-0.1, -0.05) is 53.0 Å². The van der Waals surface area contributed by atoms with Gasteiger partial charge in [-0.15, -0.1) is 0 Å². The Balaban J connectivity index is 1.59. The minimum absolute atomic E-state index is 0.0183. The molecular formula is C21H15Cl3N2O4. The number of hydrogen-bond donors (Lipinski definition) is 1. The topological polar surface area (TPSA) is 77.5 Å². The molecule has 0 radical (unpaired) electrons. The van der Waals surface area contributed by atoms with E-state index in [-0.39, 0.29) is 20.8 Å². The number of aromatic nitrogens is 1. The predicted molar refractivity (Wildman–Crippen MR) is 116 cm³/mol. The molecule has 1 heterocycles. The molecule has 3 aromatic rings. The number of carbonyl (C=O) groups excluding carboxylic acids is 2. The second-order valence-electron chi connectivity index (χ2n) is 6.06. The van der Waals surface area contributed by atoms with Crippen LogP contribution in [0.1, 0.15) is 17.4 Å². The van der Waals surface area contributed by atoms with Gasteiger partial charge in [0, 0.05) is 11.9 Å². The SMILES string of the molecule is CC(OC(=O)c1ncc(Cl)c(Cl)c1Cl)C(=O)Nc1ccc(Oc2ccccc2)cc1. The van der Waals surface area contributed by atoms with E-state index in [9.17, 15) is 9.59 Å². The summed E-state index contributed by atoms with van der Waals surface area (Å²) in [6.07, 6.45) is 0.0703. The molecule has 0 aliphatic carbocycles. The number of esters is 1. The Labute approximate surface area is 187 Å². The summed E-state index contributed by atoms with van der Waals surface area (Å²) in [4.78, 5) is 28.4. The van der Waals surface area contributed by atoms with Gasteiger partial charge < -0.3 is 14.8 Å². The number of pyridine rings is 1. The van der Waals surface area contributed by atoms with Gasteiger partial charge in [-0.3, -0.25) is 4.79 Å². The van der Waals surface area contributed by atoms with Gasteiger partial charge in [0.15, 0.2) is 11.8 Å². The van der Waals surface area contributed by atoms with E-state index in [1.165, 1.54) is 13.1 Å². The van der Waals surface area contributed by atoms with Crippen molar-refractivity contribution in [1.29, 1.82) is 0 Å². The minimum atomic E-state index is -1.11. The van der Waals surface area contributed by atoms with Crippen molar-refractivity contribution in [2.45, 2.75) is 13.0 Å². The summed E-state index contributed by atoms with van der Waals surface area (Å²) in [6, 6.07) is 16.1. The van der Waals surface area contributed by atoms with E-state index in [4.69, 9.17) is 44.3 Å². The van der Waals surface area contributed by atoms with Crippen molar-refractivity contribution < 1.29 is 19.1 Å². The molecule has 1 N–H and O–H groups in total. The fourth-order valence-electron chi connectivity index (χ4n) is 2.33. The molecule has 1 aromatic heterocycles. The number of nitrogens with zero attached hydrogens (tertiary/aromatic N) is 1. The number of nitrogens with one attached hydrogen (secondary N) is 1. The smallest absolute Gasteiger partial charge is 0.359 e. The average molecular weight is 466 g/mol. The van der Waals surface area contributed by atoms with Crippen LogP contribution in [0.4, 0.5) is 5.69 Å². The van der Waals surface area contributed by atoms with Crippen molar-refractivity contribution in [2.75, 3.05) is 5.32 Å². The van der Waals surface area contributed by atoms with Crippen LogP contribution in [0.25, 0.3) is 0 Å². The largest absolute Gasteiger partial charge is 0.457 e. The van der Waals surface area contributed by atoms with Gasteiger partial charge in [-0.25, -0.2) is 9.78 Å². The van der Waals surface area contributed by atoms with Crippen LogP contribution in [0.2, 0.25) is 15.1 Å². The molecule has 1 amide bonds. The molecule has 0 aliphatic heterocycles. The van der Waals surface area contributed by atoms with Gasteiger partial charge in [-0.2, -0.15) is 0 Å². The summed E-state index contributed by atoms with van der Waals surface area (Å²) in [6.45, 7) is 1.42. The van der Waals surface area contributed by atoms with Crippen LogP contribution in [0.15, 0.2) is 60.8 Å². The van der Waals surface area contributed by atoms with Crippen molar-refractivity contribution in [3.8, 4) is 11.5 Å². The van der Waals surface area contributed by atoms with E-state index < -0.39 is 18.0 Å². The molecule has 9 heteroatoms. The zero-order chi connectivity index (χ0) is 21.7. The Kier molecular flexibility index (Phi) is 7.15. The van der Waals surface area contributed by atoms with Crippen LogP contribution >= 0.6 is 34.8 Å². The summed E-state index contributed by atoms with van der Waals surface area (Å²) >= 11 is 17.7. The van der Waals surface area contributed by atoms with Gasteiger partial charge in [0.1, 0.15) is 11.5 Å². The van der Waals surface area contributed by atoms with Crippen molar-refractivity contribution in [2.24, 2.45) is 0 Å². The summed E-state index contributed by atoms with van der Waals surface area (Å²) in [5, 5.41) is 2.59. The first kappa shape index (κ1) is 21.9. The second kappa shape index (κ2) is 9.80. The number of halogens is 3. The maximum atomic E-state index is 12.3. The second-order valence-corrected chi connectivity index (χ2v) is 7.22. The molecule has 30 heavy (non-hydrogen) atoms. The molecule has 2 aromatic carbocycles. The Hall–Kier alpha value is -2.80. The molecule has 3 rings (SSSR count). The number of amides is 1. The first-order chi connectivity index (χ1) is 14.3. The van der Waals surface area contributed by atoms with E-state index in [0.29, 0.717) is 17.2 Å². The first-order valence-corrected chi connectivity index (χ1v) is 9.83.